The molecule has 62 heavy (non-hydrogen) atoms. The fourth-order valence-electron chi connectivity index (χ4n) is 8.04. The van der Waals surface area contributed by atoms with E-state index in [1.54, 1.807) is 0 Å². The van der Waals surface area contributed by atoms with Gasteiger partial charge in [0, 0.05) is 0 Å². The van der Waals surface area contributed by atoms with Gasteiger partial charge in [-0.3, -0.25) is 0 Å². The Balaban J connectivity index is 1.14. The quantitative estimate of drug-likeness (QED) is 0.108. The number of rotatable bonds is 12. The molecule has 0 atom stereocenters. The van der Waals surface area contributed by atoms with Crippen molar-refractivity contribution in [3.05, 3.63) is 322 Å². The topological polar surface area (TPSA) is 0 Å². The van der Waals surface area contributed by atoms with Crippen LogP contribution in [0.3, 0.4) is 0 Å². The van der Waals surface area contributed by atoms with Crippen LogP contribution in [0.2, 0.25) is 0 Å². The largest absolute Gasteiger partial charge is 0.0622 e. The van der Waals surface area contributed by atoms with Gasteiger partial charge in [0.05, 0.1) is 0 Å². The zero-order chi connectivity index (χ0) is 41.8. The van der Waals surface area contributed by atoms with Gasteiger partial charge >= 0.3 is 0 Å². The van der Waals surface area contributed by atoms with Gasteiger partial charge in [0.2, 0.25) is 0 Å². The van der Waals surface area contributed by atoms with Gasteiger partial charge in [-0.05, 0) is 113 Å². The molecule has 0 saturated heterocycles. The van der Waals surface area contributed by atoms with Gasteiger partial charge in [-0.25, -0.2) is 0 Å². The maximum Gasteiger partial charge on any atom is -0.0105 e. The van der Waals surface area contributed by atoms with Crippen LogP contribution in [0.1, 0.15) is 66.8 Å². The average Bonchev–Trinajstić information content (AvgIpc) is 3.36. The summed E-state index contributed by atoms with van der Waals surface area (Å²) in [6, 6.07) is 90.6. The van der Waals surface area contributed by atoms with Crippen LogP contribution in [-0.2, 0) is 0 Å². The van der Waals surface area contributed by atoms with Crippen LogP contribution in [0.25, 0.3) is 46.6 Å². The summed E-state index contributed by atoms with van der Waals surface area (Å²) in [7, 11) is 0. The maximum absolute atomic E-state index is 2.34. The Bertz CT molecular complexity index is 2680. The molecule has 9 rings (SSSR count). The Morgan fingerprint density at radius 1 is 0.161 bits per heavy atom. The lowest BCUT2D eigenvalue weighted by Crippen LogP contribution is -1.94. The van der Waals surface area contributed by atoms with Crippen LogP contribution in [0.4, 0.5) is 0 Å². The van der Waals surface area contributed by atoms with Crippen molar-refractivity contribution in [2.45, 2.75) is 0 Å². The summed E-state index contributed by atoms with van der Waals surface area (Å²) in [6.45, 7) is 0. The van der Waals surface area contributed by atoms with Gasteiger partial charge in [0.1, 0.15) is 0 Å². The highest BCUT2D eigenvalue weighted by atomic mass is 14.2. The van der Waals surface area contributed by atoms with Crippen LogP contribution >= 0.6 is 0 Å². The Hall–Kier alpha value is -8.06. The van der Waals surface area contributed by atoms with E-state index < -0.39 is 0 Å². The van der Waals surface area contributed by atoms with Crippen molar-refractivity contribution in [3.63, 3.8) is 0 Å². The lowest BCUT2D eigenvalue weighted by Gasteiger charge is -2.15. The Labute approximate surface area is 366 Å². The van der Waals surface area contributed by atoms with Crippen molar-refractivity contribution >= 4 is 46.6 Å². The molecule has 0 saturated carbocycles. The molecular weight excluding hydrogens is 745 g/mol. The second-order valence-electron chi connectivity index (χ2n) is 15.3. The van der Waals surface area contributed by atoms with E-state index in [1.165, 1.54) is 33.4 Å². The van der Waals surface area contributed by atoms with Crippen LogP contribution in [0.15, 0.2) is 255 Å². The molecule has 0 heteroatoms. The third-order valence-corrected chi connectivity index (χ3v) is 11.2. The molecule has 0 N–H and O–H groups in total. The normalized spacial score (nSPS) is 11.4. The minimum Gasteiger partial charge on any atom is -0.0622 e. The van der Waals surface area contributed by atoms with Crippen LogP contribution in [0.5, 0.6) is 0 Å². The third kappa shape index (κ3) is 9.37. The molecular formula is C62H46. The molecule has 0 unspecified atom stereocenters. The first-order chi connectivity index (χ1) is 30.8. The molecule has 294 valence electrons. The summed E-state index contributed by atoms with van der Waals surface area (Å²) < 4.78 is 0. The zero-order valence-corrected chi connectivity index (χ0v) is 34.6. The minimum atomic E-state index is 1.15. The van der Waals surface area contributed by atoms with E-state index in [-0.39, 0.29) is 0 Å². The van der Waals surface area contributed by atoms with E-state index in [0.717, 1.165) is 55.7 Å². The first kappa shape index (κ1) is 39.4. The molecule has 0 aliphatic carbocycles. The van der Waals surface area contributed by atoms with Crippen LogP contribution in [0, 0.1) is 0 Å². The smallest absolute Gasteiger partial charge is 0.0105 e. The minimum absolute atomic E-state index is 1.15. The number of hydrogen-bond acceptors (Lipinski definition) is 0. The van der Waals surface area contributed by atoms with E-state index in [1.807, 2.05) is 0 Å². The molecule has 0 aromatic heterocycles. The third-order valence-electron chi connectivity index (χ3n) is 11.2. The highest BCUT2D eigenvalue weighted by Gasteiger charge is 2.13. The number of benzene rings is 9. The van der Waals surface area contributed by atoms with Crippen molar-refractivity contribution in [2.24, 2.45) is 0 Å². The average molecular weight is 791 g/mol. The molecule has 9 aromatic carbocycles. The summed E-state index contributed by atoms with van der Waals surface area (Å²) in [5.74, 6) is 0. The highest BCUT2D eigenvalue weighted by Crippen LogP contribution is 2.34. The van der Waals surface area contributed by atoms with E-state index in [4.69, 9.17) is 0 Å². The molecule has 0 aliphatic heterocycles. The summed E-state index contributed by atoms with van der Waals surface area (Å²) in [5, 5.41) is 0. The SMILES string of the molecule is C(=C(c1ccccc1)c1ccccc1)c1ccccc1C=C(c1ccccc1)c1ccc(C(=Cc2ccccc2C=C(c2ccccc2)c2ccccc2)c2ccccc2)cc1. The molecule has 0 amide bonds. The van der Waals surface area contributed by atoms with Crippen molar-refractivity contribution < 1.29 is 0 Å². The van der Waals surface area contributed by atoms with Gasteiger partial charge < -0.3 is 0 Å². The maximum atomic E-state index is 2.34. The fraction of sp³-hybridized carbons (Fsp3) is 0. The van der Waals surface area contributed by atoms with Gasteiger partial charge in [-0.1, -0.05) is 255 Å². The first-order valence-electron chi connectivity index (χ1n) is 21.2. The van der Waals surface area contributed by atoms with Crippen LogP contribution < -0.4 is 0 Å². The lowest BCUT2D eigenvalue weighted by atomic mass is 9.89. The molecule has 0 nitrogen and oxygen atoms in total. The summed E-state index contributed by atoms with van der Waals surface area (Å²) in [5.41, 5.74) is 18.7. The van der Waals surface area contributed by atoms with Crippen molar-refractivity contribution in [2.75, 3.05) is 0 Å². The molecule has 9 aromatic rings. The highest BCUT2D eigenvalue weighted by molar-refractivity contribution is 5.99. The first-order valence-corrected chi connectivity index (χ1v) is 21.2. The van der Waals surface area contributed by atoms with Gasteiger partial charge in [-0.2, -0.15) is 0 Å². The Kier molecular flexibility index (Phi) is 12.3. The fourth-order valence-corrected chi connectivity index (χ4v) is 8.04. The van der Waals surface area contributed by atoms with Gasteiger partial charge in [0.15, 0.2) is 0 Å². The van der Waals surface area contributed by atoms with Gasteiger partial charge in [0.25, 0.3) is 0 Å². The zero-order valence-electron chi connectivity index (χ0n) is 34.6. The van der Waals surface area contributed by atoms with Crippen LogP contribution in [-0.4, -0.2) is 0 Å². The second kappa shape index (κ2) is 19.3. The van der Waals surface area contributed by atoms with Crippen molar-refractivity contribution in [1.82, 2.24) is 0 Å². The van der Waals surface area contributed by atoms with Crippen molar-refractivity contribution in [1.29, 1.82) is 0 Å². The van der Waals surface area contributed by atoms with E-state index in [2.05, 4.69) is 279 Å². The molecule has 0 fully saturated rings. The molecule has 0 spiro atoms. The summed E-state index contributed by atoms with van der Waals surface area (Å²) in [4.78, 5) is 0. The van der Waals surface area contributed by atoms with E-state index >= 15 is 0 Å². The predicted octanol–water partition coefficient (Wildman–Crippen LogP) is 16.0. The Morgan fingerprint density at radius 2 is 0.306 bits per heavy atom. The molecule has 0 bridgehead atoms. The molecule has 0 radical (unpaired) electrons. The summed E-state index contributed by atoms with van der Waals surface area (Å²) in [6.07, 6.45) is 9.35. The lowest BCUT2D eigenvalue weighted by molar-refractivity contribution is 1.50. The number of hydrogen-bond donors (Lipinski definition) is 0. The van der Waals surface area contributed by atoms with Gasteiger partial charge in [-0.15, -0.1) is 0 Å². The molecule has 0 heterocycles. The Morgan fingerprint density at radius 3 is 0.484 bits per heavy atom. The van der Waals surface area contributed by atoms with E-state index in [0.29, 0.717) is 0 Å². The second-order valence-corrected chi connectivity index (χ2v) is 15.3. The van der Waals surface area contributed by atoms with E-state index in [9.17, 15) is 0 Å². The molecule has 0 aliphatic rings. The standard InChI is InChI=1S/C62H46/c1-7-23-47(24-8-1)59(48-25-9-2-10-26-48)43-55-35-19-21-37-57(55)45-61(51-31-15-5-16-32-51)53-39-41-54(42-40-53)62(52-33-17-6-18-34-52)46-58-38-22-20-36-56(58)44-60(49-27-11-3-12-28-49)50-29-13-4-14-30-50/h1-46H. The monoisotopic (exact) mass is 790 g/mol. The predicted molar refractivity (Wildman–Crippen MR) is 266 cm³/mol. The summed E-state index contributed by atoms with van der Waals surface area (Å²) >= 11 is 0. The van der Waals surface area contributed by atoms with Crippen molar-refractivity contribution in [3.8, 4) is 0 Å².